The summed E-state index contributed by atoms with van der Waals surface area (Å²) in [5.74, 6) is -0.569. The molecular formula is C13H11FN2O. The van der Waals surface area contributed by atoms with Gasteiger partial charge >= 0.3 is 0 Å². The second-order valence-electron chi connectivity index (χ2n) is 3.66. The second-order valence-corrected chi connectivity index (χ2v) is 3.66. The van der Waals surface area contributed by atoms with Gasteiger partial charge in [-0.1, -0.05) is 6.08 Å². The summed E-state index contributed by atoms with van der Waals surface area (Å²) in [5, 5.41) is 9.23. The molecule has 0 amide bonds. The number of hydrogen-bond acceptors (Lipinski definition) is 3. The molecule has 0 saturated heterocycles. The van der Waals surface area contributed by atoms with Crippen LogP contribution in [0.5, 0.6) is 5.75 Å². The summed E-state index contributed by atoms with van der Waals surface area (Å²) < 4.78 is 13.0. The van der Waals surface area contributed by atoms with Crippen molar-refractivity contribution in [2.75, 3.05) is 0 Å². The molecule has 0 aliphatic carbocycles. The minimum absolute atomic E-state index is 0.0972. The maximum Gasteiger partial charge on any atom is 0.127 e. The van der Waals surface area contributed by atoms with Gasteiger partial charge in [0.1, 0.15) is 11.6 Å². The topological polar surface area (TPSA) is 46.0 Å². The molecule has 86 valence electrons. The van der Waals surface area contributed by atoms with Crippen LogP contribution in [0, 0.1) is 12.7 Å². The van der Waals surface area contributed by atoms with Gasteiger partial charge in [0.25, 0.3) is 0 Å². The van der Waals surface area contributed by atoms with Gasteiger partial charge in [0.05, 0.1) is 17.6 Å². The van der Waals surface area contributed by atoms with Gasteiger partial charge in [-0.2, -0.15) is 0 Å². The predicted octanol–water partition coefficient (Wildman–Crippen LogP) is 2.80. The largest absolute Gasteiger partial charge is 0.508 e. The molecule has 0 aliphatic heterocycles. The molecule has 0 unspecified atom stereocenters. The van der Waals surface area contributed by atoms with E-state index in [-0.39, 0.29) is 5.75 Å². The van der Waals surface area contributed by atoms with E-state index in [9.17, 15) is 9.50 Å². The van der Waals surface area contributed by atoms with Gasteiger partial charge in [0.15, 0.2) is 0 Å². The Bertz CT molecular complexity index is 547. The molecule has 2 aromatic rings. The highest BCUT2D eigenvalue weighted by Gasteiger charge is 1.97. The Balaban J connectivity index is 2.25. The minimum Gasteiger partial charge on any atom is -0.508 e. The Morgan fingerprint density at radius 2 is 2.00 bits per heavy atom. The highest BCUT2D eigenvalue weighted by atomic mass is 19.1. The monoisotopic (exact) mass is 230 g/mol. The average Bonchev–Trinajstić information content (AvgIpc) is 2.25. The summed E-state index contributed by atoms with van der Waals surface area (Å²) in [5.41, 5.74) is 2.08. The summed E-state index contributed by atoms with van der Waals surface area (Å²) in [6, 6.07) is 3.87. The van der Waals surface area contributed by atoms with E-state index in [1.807, 2.05) is 6.92 Å². The average molecular weight is 230 g/mol. The molecule has 3 nitrogen and oxygen atoms in total. The summed E-state index contributed by atoms with van der Waals surface area (Å²) >= 11 is 0. The van der Waals surface area contributed by atoms with Gasteiger partial charge in [0, 0.05) is 12.3 Å². The molecule has 17 heavy (non-hydrogen) atoms. The van der Waals surface area contributed by atoms with Crippen LogP contribution in [0.15, 0.2) is 30.6 Å². The van der Waals surface area contributed by atoms with Gasteiger partial charge in [-0.25, -0.2) is 4.39 Å². The first kappa shape index (κ1) is 11.3. The number of phenolic OH excluding ortho intramolecular Hbond substituents is 1. The maximum absolute atomic E-state index is 13.0. The summed E-state index contributed by atoms with van der Waals surface area (Å²) in [4.78, 5) is 8.22. The van der Waals surface area contributed by atoms with E-state index >= 15 is 0 Å². The number of rotatable bonds is 2. The van der Waals surface area contributed by atoms with Crippen LogP contribution in [0.4, 0.5) is 4.39 Å². The van der Waals surface area contributed by atoms with Crippen LogP contribution in [0.2, 0.25) is 0 Å². The number of aromatic hydroxyl groups is 1. The molecule has 0 fully saturated rings. The smallest absolute Gasteiger partial charge is 0.127 e. The fourth-order valence-corrected chi connectivity index (χ4v) is 1.44. The molecule has 0 radical (unpaired) electrons. The summed E-state index contributed by atoms with van der Waals surface area (Å²) in [7, 11) is 0. The second kappa shape index (κ2) is 4.74. The third-order valence-corrected chi connectivity index (χ3v) is 2.13. The van der Waals surface area contributed by atoms with Crippen LogP contribution in [-0.2, 0) is 0 Å². The Kier molecular flexibility index (Phi) is 3.14. The number of halogens is 1. The number of benzene rings is 1. The van der Waals surface area contributed by atoms with Crippen molar-refractivity contribution in [3.05, 3.63) is 53.4 Å². The Hall–Kier alpha value is -2.23. The van der Waals surface area contributed by atoms with Crippen molar-refractivity contribution in [3.8, 4) is 5.75 Å². The zero-order valence-corrected chi connectivity index (χ0v) is 9.26. The molecule has 0 saturated carbocycles. The van der Waals surface area contributed by atoms with Crippen LogP contribution in [0.1, 0.15) is 17.0 Å². The van der Waals surface area contributed by atoms with Gasteiger partial charge in [-0.15, -0.1) is 0 Å². The van der Waals surface area contributed by atoms with E-state index in [4.69, 9.17) is 0 Å². The highest BCUT2D eigenvalue weighted by molar-refractivity contribution is 5.68. The van der Waals surface area contributed by atoms with E-state index in [1.54, 1.807) is 24.5 Å². The van der Waals surface area contributed by atoms with E-state index in [2.05, 4.69) is 9.97 Å². The molecule has 0 bridgehead atoms. The standard InChI is InChI=1S/C13H11FN2O/c1-9-7-15-8-12(16-9)3-2-10-4-11(14)6-13(17)5-10/h2-8,17H,1H3/b3-2+. The third kappa shape index (κ3) is 3.11. The molecule has 1 aromatic heterocycles. The van der Waals surface area contributed by atoms with Crippen molar-refractivity contribution in [1.29, 1.82) is 0 Å². The van der Waals surface area contributed by atoms with Crippen LogP contribution >= 0.6 is 0 Å². The fourth-order valence-electron chi connectivity index (χ4n) is 1.44. The third-order valence-electron chi connectivity index (χ3n) is 2.13. The van der Waals surface area contributed by atoms with Crippen molar-refractivity contribution < 1.29 is 9.50 Å². The quantitative estimate of drug-likeness (QED) is 0.862. The Labute approximate surface area is 98.3 Å². The van der Waals surface area contributed by atoms with Gasteiger partial charge in [-0.05, 0) is 30.7 Å². The molecule has 1 aromatic carbocycles. The zero-order valence-electron chi connectivity index (χ0n) is 9.26. The van der Waals surface area contributed by atoms with Crippen molar-refractivity contribution in [3.63, 3.8) is 0 Å². The Morgan fingerprint density at radius 1 is 1.18 bits per heavy atom. The zero-order chi connectivity index (χ0) is 12.3. The summed E-state index contributed by atoms with van der Waals surface area (Å²) in [6.45, 7) is 1.85. The van der Waals surface area contributed by atoms with Crippen molar-refractivity contribution in [2.24, 2.45) is 0 Å². The molecule has 0 spiro atoms. The molecule has 1 N–H and O–H groups in total. The Morgan fingerprint density at radius 3 is 2.71 bits per heavy atom. The van der Waals surface area contributed by atoms with E-state index in [0.29, 0.717) is 11.3 Å². The number of aromatic nitrogens is 2. The number of aryl methyl sites for hydroxylation is 1. The van der Waals surface area contributed by atoms with Crippen molar-refractivity contribution >= 4 is 12.2 Å². The predicted molar refractivity (Wildman–Crippen MR) is 63.8 cm³/mol. The van der Waals surface area contributed by atoms with Crippen LogP contribution in [0.3, 0.4) is 0 Å². The van der Waals surface area contributed by atoms with Crippen LogP contribution < -0.4 is 0 Å². The maximum atomic E-state index is 13.0. The lowest BCUT2D eigenvalue weighted by Crippen LogP contribution is -1.86. The van der Waals surface area contributed by atoms with Crippen molar-refractivity contribution in [1.82, 2.24) is 9.97 Å². The fraction of sp³-hybridized carbons (Fsp3) is 0.0769. The lowest BCUT2D eigenvalue weighted by atomic mass is 10.2. The molecule has 2 rings (SSSR count). The SMILES string of the molecule is Cc1cncc(/C=C/c2cc(O)cc(F)c2)n1. The van der Waals surface area contributed by atoms with E-state index < -0.39 is 5.82 Å². The van der Waals surface area contributed by atoms with Crippen molar-refractivity contribution in [2.45, 2.75) is 6.92 Å². The summed E-state index contributed by atoms with van der Waals surface area (Å²) in [6.07, 6.45) is 6.66. The van der Waals surface area contributed by atoms with E-state index in [1.165, 1.54) is 12.1 Å². The molecule has 1 heterocycles. The lowest BCUT2D eigenvalue weighted by Gasteiger charge is -1.97. The first-order chi connectivity index (χ1) is 8.13. The molecule has 0 atom stereocenters. The van der Waals surface area contributed by atoms with Gasteiger partial charge in [-0.3, -0.25) is 9.97 Å². The van der Waals surface area contributed by atoms with Gasteiger partial charge < -0.3 is 5.11 Å². The highest BCUT2D eigenvalue weighted by Crippen LogP contribution is 2.16. The molecule has 0 aliphatic rings. The number of hydrogen-bond donors (Lipinski definition) is 1. The normalized spacial score (nSPS) is 10.9. The van der Waals surface area contributed by atoms with Crippen LogP contribution in [0.25, 0.3) is 12.2 Å². The molecular weight excluding hydrogens is 219 g/mol. The first-order valence-corrected chi connectivity index (χ1v) is 5.10. The molecule has 4 heteroatoms. The number of nitrogens with zero attached hydrogens (tertiary/aromatic N) is 2. The lowest BCUT2D eigenvalue weighted by molar-refractivity contribution is 0.469. The van der Waals surface area contributed by atoms with E-state index in [0.717, 1.165) is 11.8 Å². The number of phenols is 1. The van der Waals surface area contributed by atoms with Gasteiger partial charge in [0.2, 0.25) is 0 Å². The van der Waals surface area contributed by atoms with Crippen LogP contribution in [-0.4, -0.2) is 15.1 Å². The first-order valence-electron chi connectivity index (χ1n) is 5.10. The minimum atomic E-state index is -0.472.